The Morgan fingerprint density at radius 3 is 2.50 bits per heavy atom. The molecule has 0 spiro atoms. The Bertz CT molecular complexity index is 794. The van der Waals surface area contributed by atoms with Gasteiger partial charge in [-0.1, -0.05) is 42.5 Å². The maximum Gasteiger partial charge on any atom is 0.237 e. The number of hydrogen-bond acceptors (Lipinski definition) is 4. The minimum absolute atomic E-state index is 0.00429. The molecule has 1 heterocycles. The summed E-state index contributed by atoms with van der Waals surface area (Å²) in [7, 11) is 0. The van der Waals surface area contributed by atoms with Gasteiger partial charge < -0.3 is 14.9 Å². The van der Waals surface area contributed by atoms with Crippen LogP contribution in [0, 0.1) is 0 Å². The smallest absolute Gasteiger partial charge is 0.237 e. The average molecular weight is 267 g/mol. The van der Waals surface area contributed by atoms with E-state index in [0.29, 0.717) is 11.0 Å². The van der Waals surface area contributed by atoms with E-state index in [2.05, 4.69) is 0 Å². The molecule has 0 saturated heterocycles. The van der Waals surface area contributed by atoms with E-state index in [1.54, 1.807) is 24.3 Å². The van der Waals surface area contributed by atoms with Crippen molar-refractivity contribution in [1.29, 1.82) is 0 Å². The van der Waals surface area contributed by atoms with Crippen LogP contribution in [0.15, 0.2) is 63.8 Å². The Hall–Kier alpha value is -2.75. The lowest BCUT2D eigenvalue weighted by molar-refractivity contribution is 0.299. The van der Waals surface area contributed by atoms with Crippen LogP contribution in [0.4, 0.5) is 5.88 Å². The van der Waals surface area contributed by atoms with Crippen LogP contribution >= 0.6 is 0 Å². The second-order valence-electron chi connectivity index (χ2n) is 4.39. The molecule has 0 saturated carbocycles. The fourth-order valence-corrected chi connectivity index (χ4v) is 2.01. The third kappa shape index (κ3) is 2.23. The standard InChI is InChI=1S/C16H13NO3/c17-16-15(19-10-11-6-2-1-3-7-11)14(18)12-8-4-5-9-13(12)20-16/h1-9H,10,17H2. The first kappa shape index (κ1) is 12.3. The van der Waals surface area contributed by atoms with Crippen LogP contribution in [0.3, 0.4) is 0 Å². The van der Waals surface area contributed by atoms with Crippen molar-refractivity contribution in [1.82, 2.24) is 0 Å². The Balaban J connectivity index is 1.97. The van der Waals surface area contributed by atoms with E-state index < -0.39 is 0 Å². The van der Waals surface area contributed by atoms with Crippen LogP contribution in [0.25, 0.3) is 11.0 Å². The van der Waals surface area contributed by atoms with Gasteiger partial charge in [0.1, 0.15) is 12.2 Å². The molecule has 4 heteroatoms. The molecule has 2 N–H and O–H groups in total. The Labute approximate surface area is 115 Å². The van der Waals surface area contributed by atoms with Gasteiger partial charge in [-0.05, 0) is 17.7 Å². The van der Waals surface area contributed by atoms with Crippen molar-refractivity contribution in [3.63, 3.8) is 0 Å². The first-order valence-corrected chi connectivity index (χ1v) is 6.24. The van der Waals surface area contributed by atoms with Gasteiger partial charge in [0, 0.05) is 0 Å². The van der Waals surface area contributed by atoms with Gasteiger partial charge in [0.2, 0.25) is 17.1 Å². The van der Waals surface area contributed by atoms with Gasteiger partial charge in [-0.25, -0.2) is 0 Å². The largest absolute Gasteiger partial charge is 0.480 e. The van der Waals surface area contributed by atoms with Crippen molar-refractivity contribution in [3.05, 3.63) is 70.4 Å². The second kappa shape index (κ2) is 5.09. The van der Waals surface area contributed by atoms with Gasteiger partial charge in [0.15, 0.2) is 0 Å². The van der Waals surface area contributed by atoms with Gasteiger partial charge in [0.25, 0.3) is 0 Å². The predicted molar refractivity (Wildman–Crippen MR) is 77.7 cm³/mol. The third-order valence-electron chi connectivity index (χ3n) is 3.01. The lowest BCUT2D eigenvalue weighted by Gasteiger charge is -2.08. The van der Waals surface area contributed by atoms with Gasteiger partial charge >= 0.3 is 0 Å². The monoisotopic (exact) mass is 267 g/mol. The van der Waals surface area contributed by atoms with E-state index in [9.17, 15) is 4.79 Å². The minimum Gasteiger partial charge on any atom is -0.480 e. The summed E-state index contributed by atoms with van der Waals surface area (Å²) in [4.78, 5) is 12.3. The maximum atomic E-state index is 12.3. The van der Waals surface area contributed by atoms with Crippen molar-refractivity contribution >= 4 is 16.9 Å². The molecule has 0 unspecified atom stereocenters. The Morgan fingerprint density at radius 1 is 1.00 bits per heavy atom. The molecule has 0 radical (unpaired) electrons. The fraction of sp³-hybridized carbons (Fsp3) is 0.0625. The van der Waals surface area contributed by atoms with Crippen LogP contribution < -0.4 is 15.9 Å². The Morgan fingerprint density at radius 2 is 1.70 bits per heavy atom. The number of nitrogen functional groups attached to an aromatic ring is 1. The summed E-state index contributed by atoms with van der Waals surface area (Å²) in [5, 5.41) is 0.463. The molecule has 20 heavy (non-hydrogen) atoms. The highest BCUT2D eigenvalue weighted by molar-refractivity contribution is 5.79. The molecule has 100 valence electrons. The van der Waals surface area contributed by atoms with E-state index >= 15 is 0 Å². The normalized spacial score (nSPS) is 10.6. The molecule has 0 amide bonds. The highest BCUT2D eigenvalue weighted by Crippen LogP contribution is 2.23. The molecule has 0 bridgehead atoms. The summed E-state index contributed by atoms with van der Waals surface area (Å²) in [6, 6.07) is 16.5. The number of nitrogens with two attached hydrogens (primary N) is 1. The van der Waals surface area contributed by atoms with E-state index in [4.69, 9.17) is 14.9 Å². The lowest BCUT2D eigenvalue weighted by atomic mass is 10.2. The number of hydrogen-bond donors (Lipinski definition) is 1. The van der Waals surface area contributed by atoms with Gasteiger partial charge in [-0.3, -0.25) is 4.79 Å². The number of ether oxygens (including phenoxy) is 1. The van der Waals surface area contributed by atoms with Gasteiger partial charge in [-0.2, -0.15) is 0 Å². The van der Waals surface area contributed by atoms with Crippen LogP contribution in [0.5, 0.6) is 5.75 Å². The number of rotatable bonds is 3. The molecular formula is C16H13NO3. The molecule has 0 aliphatic carbocycles. The summed E-state index contributed by atoms with van der Waals surface area (Å²) in [5.41, 5.74) is 6.93. The zero-order chi connectivity index (χ0) is 13.9. The predicted octanol–water partition coefficient (Wildman–Crippen LogP) is 2.95. The van der Waals surface area contributed by atoms with Crippen molar-refractivity contribution in [2.75, 3.05) is 5.73 Å². The van der Waals surface area contributed by atoms with Crippen molar-refractivity contribution in [2.24, 2.45) is 0 Å². The van der Waals surface area contributed by atoms with Gasteiger partial charge in [0.05, 0.1) is 5.39 Å². The molecule has 0 aliphatic heterocycles. The highest BCUT2D eigenvalue weighted by Gasteiger charge is 2.13. The van der Waals surface area contributed by atoms with Crippen LogP contribution in [-0.2, 0) is 6.61 Å². The zero-order valence-electron chi connectivity index (χ0n) is 10.7. The summed E-state index contributed by atoms with van der Waals surface area (Å²) in [6.45, 7) is 0.272. The fourth-order valence-electron chi connectivity index (χ4n) is 2.01. The SMILES string of the molecule is Nc1oc2ccccc2c(=O)c1OCc1ccccc1. The topological polar surface area (TPSA) is 65.5 Å². The van der Waals surface area contributed by atoms with Crippen molar-refractivity contribution < 1.29 is 9.15 Å². The molecular weight excluding hydrogens is 254 g/mol. The van der Waals surface area contributed by atoms with Crippen molar-refractivity contribution in [2.45, 2.75) is 6.61 Å². The quantitative estimate of drug-likeness (QED) is 0.792. The number of anilines is 1. The number of para-hydroxylation sites is 1. The van der Waals surface area contributed by atoms with Crippen LogP contribution in [-0.4, -0.2) is 0 Å². The third-order valence-corrected chi connectivity index (χ3v) is 3.01. The Kier molecular flexibility index (Phi) is 3.13. The molecule has 4 nitrogen and oxygen atoms in total. The maximum absolute atomic E-state index is 12.3. The molecule has 0 fully saturated rings. The van der Waals surface area contributed by atoms with E-state index in [1.807, 2.05) is 30.3 Å². The first-order chi connectivity index (χ1) is 9.75. The zero-order valence-corrected chi connectivity index (χ0v) is 10.7. The summed E-state index contributed by atoms with van der Waals surface area (Å²) < 4.78 is 10.9. The van der Waals surface area contributed by atoms with E-state index in [0.717, 1.165) is 5.56 Å². The van der Waals surface area contributed by atoms with E-state index in [1.165, 1.54) is 0 Å². The summed E-state index contributed by atoms with van der Waals surface area (Å²) >= 11 is 0. The molecule has 2 aromatic carbocycles. The van der Waals surface area contributed by atoms with Crippen molar-refractivity contribution in [3.8, 4) is 5.75 Å². The molecule has 3 rings (SSSR count). The summed E-state index contributed by atoms with van der Waals surface area (Å²) in [5.74, 6) is 0.0668. The number of fused-ring (bicyclic) bond motifs is 1. The van der Waals surface area contributed by atoms with Crippen LogP contribution in [0.1, 0.15) is 5.56 Å². The minimum atomic E-state index is -0.250. The van der Waals surface area contributed by atoms with Crippen LogP contribution in [0.2, 0.25) is 0 Å². The molecule has 1 aromatic heterocycles. The molecule has 0 atom stereocenters. The molecule has 3 aromatic rings. The number of benzene rings is 2. The van der Waals surface area contributed by atoms with Gasteiger partial charge in [-0.15, -0.1) is 0 Å². The lowest BCUT2D eigenvalue weighted by Crippen LogP contribution is -2.11. The first-order valence-electron chi connectivity index (χ1n) is 6.24. The highest BCUT2D eigenvalue weighted by atomic mass is 16.5. The van der Waals surface area contributed by atoms with E-state index in [-0.39, 0.29) is 23.7 Å². The average Bonchev–Trinajstić information content (AvgIpc) is 2.48. The molecule has 0 aliphatic rings. The second-order valence-corrected chi connectivity index (χ2v) is 4.39. The summed E-state index contributed by atoms with van der Waals surface area (Å²) in [6.07, 6.45) is 0.